The summed E-state index contributed by atoms with van der Waals surface area (Å²) in [5.41, 5.74) is -0.244. The van der Waals surface area contributed by atoms with Gasteiger partial charge in [0.25, 0.3) is 5.69 Å². The van der Waals surface area contributed by atoms with E-state index in [1.165, 1.54) is 11.0 Å². The first-order chi connectivity index (χ1) is 11.6. The van der Waals surface area contributed by atoms with Gasteiger partial charge in [-0.25, -0.2) is 4.79 Å². The second-order valence-corrected chi connectivity index (χ2v) is 7.63. The fourth-order valence-corrected chi connectivity index (χ4v) is 2.55. The molecule has 0 saturated heterocycles. The molecule has 7 nitrogen and oxygen atoms in total. The van der Waals surface area contributed by atoms with Crippen LogP contribution in [0.4, 0.5) is 10.5 Å². The predicted molar refractivity (Wildman–Crippen MR) is 98.4 cm³/mol. The Labute approximate surface area is 156 Å². The summed E-state index contributed by atoms with van der Waals surface area (Å²) in [6.45, 7) is 5.93. The number of unbranched alkanes of at least 4 members (excludes halogenated alkanes) is 2. The minimum absolute atomic E-state index is 0.0432. The molecule has 8 heteroatoms. The van der Waals surface area contributed by atoms with Gasteiger partial charge >= 0.3 is 6.09 Å². The first-order valence-electron chi connectivity index (χ1n) is 8.15. The summed E-state index contributed by atoms with van der Waals surface area (Å²) in [5.74, 6) is 0. The SMILES string of the molecule is CC(C)(C)OC(=O)N(CCCCCO)Cc1ccc(Br)cc1[N+](=O)[O-]. The molecule has 1 aromatic rings. The molecule has 0 bridgehead atoms. The molecule has 0 aromatic heterocycles. The molecule has 0 spiro atoms. The lowest BCUT2D eigenvalue weighted by Gasteiger charge is -2.27. The average Bonchev–Trinajstić information content (AvgIpc) is 2.49. The Morgan fingerprint density at radius 3 is 2.56 bits per heavy atom. The number of benzene rings is 1. The maximum atomic E-state index is 12.5. The van der Waals surface area contributed by atoms with Gasteiger partial charge in [0.05, 0.1) is 11.5 Å². The van der Waals surface area contributed by atoms with E-state index in [1.54, 1.807) is 32.9 Å². The van der Waals surface area contributed by atoms with E-state index in [-0.39, 0.29) is 18.8 Å². The quantitative estimate of drug-likeness (QED) is 0.388. The van der Waals surface area contributed by atoms with E-state index in [0.29, 0.717) is 29.4 Å². The van der Waals surface area contributed by atoms with E-state index in [9.17, 15) is 14.9 Å². The first kappa shape index (κ1) is 21.4. The Hall–Kier alpha value is -1.67. The molecule has 0 saturated carbocycles. The number of hydrogen-bond donors (Lipinski definition) is 1. The van der Waals surface area contributed by atoms with Gasteiger partial charge in [0, 0.05) is 29.3 Å². The maximum Gasteiger partial charge on any atom is 0.410 e. The molecule has 0 heterocycles. The molecule has 0 fully saturated rings. The molecule has 0 aliphatic carbocycles. The van der Waals surface area contributed by atoms with Crippen LogP contribution in [0.15, 0.2) is 22.7 Å². The average molecular weight is 417 g/mol. The second kappa shape index (κ2) is 9.72. The number of aliphatic hydroxyl groups excluding tert-OH is 1. The lowest BCUT2D eigenvalue weighted by molar-refractivity contribution is -0.385. The third-order valence-corrected chi connectivity index (χ3v) is 3.84. The number of carbonyl (C=O) groups is 1. The lowest BCUT2D eigenvalue weighted by atomic mass is 10.1. The van der Waals surface area contributed by atoms with Crippen molar-refractivity contribution in [1.29, 1.82) is 0 Å². The monoisotopic (exact) mass is 416 g/mol. The third-order valence-electron chi connectivity index (χ3n) is 3.34. The van der Waals surface area contributed by atoms with Crippen LogP contribution in [0.25, 0.3) is 0 Å². The Kier molecular flexibility index (Phi) is 8.31. The van der Waals surface area contributed by atoms with Crippen LogP contribution in [-0.4, -0.2) is 39.8 Å². The van der Waals surface area contributed by atoms with Gasteiger partial charge in [0.2, 0.25) is 0 Å². The third kappa shape index (κ3) is 7.83. The molecule has 0 unspecified atom stereocenters. The van der Waals surface area contributed by atoms with Crippen LogP contribution in [0.1, 0.15) is 45.6 Å². The van der Waals surface area contributed by atoms with Crippen LogP contribution in [0.2, 0.25) is 0 Å². The smallest absolute Gasteiger partial charge is 0.410 e. The molecule has 0 atom stereocenters. The highest BCUT2D eigenvalue weighted by molar-refractivity contribution is 9.10. The number of amides is 1. The number of rotatable bonds is 8. The van der Waals surface area contributed by atoms with Crippen molar-refractivity contribution >= 4 is 27.7 Å². The Morgan fingerprint density at radius 1 is 1.32 bits per heavy atom. The summed E-state index contributed by atoms with van der Waals surface area (Å²) in [6.07, 6.45) is 1.59. The second-order valence-electron chi connectivity index (χ2n) is 6.72. The minimum Gasteiger partial charge on any atom is -0.444 e. The summed E-state index contributed by atoms with van der Waals surface area (Å²) in [5, 5.41) is 20.1. The van der Waals surface area contributed by atoms with Crippen molar-refractivity contribution < 1.29 is 19.6 Å². The number of nitrogens with zero attached hydrogens (tertiary/aromatic N) is 2. The molecule has 140 valence electrons. The fourth-order valence-electron chi connectivity index (χ4n) is 2.20. The predicted octanol–water partition coefficient (Wildman–Crippen LogP) is 4.26. The van der Waals surface area contributed by atoms with Gasteiger partial charge in [-0.3, -0.25) is 10.1 Å². The molecule has 1 aromatic carbocycles. The highest BCUT2D eigenvalue weighted by Gasteiger charge is 2.24. The van der Waals surface area contributed by atoms with Crippen molar-refractivity contribution in [1.82, 2.24) is 4.90 Å². The Morgan fingerprint density at radius 2 is 2.00 bits per heavy atom. The Balaban J connectivity index is 2.95. The van der Waals surface area contributed by atoms with Crippen molar-refractivity contribution in [3.63, 3.8) is 0 Å². The number of nitro benzene ring substituents is 1. The van der Waals surface area contributed by atoms with Crippen LogP contribution in [0.3, 0.4) is 0 Å². The van der Waals surface area contributed by atoms with Crippen LogP contribution >= 0.6 is 15.9 Å². The number of ether oxygens (including phenoxy) is 1. The molecule has 0 aliphatic rings. The zero-order chi connectivity index (χ0) is 19.0. The number of aliphatic hydroxyl groups is 1. The molecule has 0 radical (unpaired) electrons. The van der Waals surface area contributed by atoms with Gasteiger partial charge in [-0.15, -0.1) is 0 Å². The zero-order valence-corrected chi connectivity index (χ0v) is 16.4. The van der Waals surface area contributed by atoms with Crippen LogP contribution in [0.5, 0.6) is 0 Å². The normalized spacial score (nSPS) is 11.2. The van der Waals surface area contributed by atoms with Gasteiger partial charge in [-0.2, -0.15) is 0 Å². The number of carbonyl (C=O) groups excluding carboxylic acids is 1. The van der Waals surface area contributed by atoms with Crippen molar-refractivity contribution in [2.75, 3.05) is 13.2 Å². The summed E-state index contributed by atoms with van der Waals surface area (Å²) in [7, 11) is 0. The van der Waals surface area contributed by atoms with Crippen LogP contribution < -0.4 is 0 Å². The molecule has 0 aliphatic heterocycles. The molecular weight excluding hydrogens is 392 g/mol. The van der Waals surface area contributed by atoms with E-state index < -0.39 is 16.6 Å². The lowest BCUT2D eigenvalue weighted by Crippen LogP contribution is -2.37. The van der Waals surface area contributed by atoms with E-state index in [0.717, 1.165) is 6.42 Å². The van der Waals surface area contributed by atoms with Crippen molar-refractivity contribution in [2.45, 2.75) is 52.2 Å². The summed E-state index contributed by atoms with van der Waals surface area (Å²) < 4.78 is 6.02. The van der Waals surface area contributed by atoms with E-state index in [2.05, 4.69) is 15.9 Å². The van der Waals surface area contributed by atoms with Crippen molar-refractivity contribution in [3.05, 3.63) is 38.3 Å². The summed E-state index contributed by atoms with van der Waals surface area (Å²) in [6, 6.07) is 4.77. The van der Waals surface area contributed by atoms with Gasteiger partial charge < -0.3 is 14.7 Å². The van der Waals surface area contributed by atoms with Crippen LogP contribution in [0, 0.1) is 10.1 Å². The maximum absolute atomic E-state index is 12.5. The molecule has 1 amide bonds. The summed E-state index contributed by atoms with van der Waals surface area (Å²) >= 11 is 3.23. The first-order valence-corrected chi connectivity index (χ1v) is 8.95. The standard InChI is InChI=1S/C17H25BrN2O5/c1-17(2,3)25-16(22)19(9-5-4-6-10-21)12-13-7-8-14(18)11-15(13)20(23)24/h7-8,11,21H,4-6,9-10,12H2,1-3H3. The zero-order valence-electron chi connectivity index (χ0n) is 14.8. The van der Waals surface area contributed by atoms with Crippen molar-refractivity contribution in [3.8, 4) is 0 Å². The number of nitro groups is 1. The summed E-state index contributed by atoms with van der Waals surface area (Å²) in [4.78, 5) is 24.7. The van der Waals surface area contributed by atoms with E-state index >= 15 is 0 Å². The number of halogens is 1. The molecular formula is C17H25BrN2O5. The van der Waals surface area contributed by atoms with Gasteiger partial charge in [0.15, 0.2) is 0 Å². The van der Waals surface area contributed by atoms with Gasteiger partial charge in [-0.1, -0.05) is 15.9 Å². The number of hydrogen-bond acceptors (Lipinski definition) is 5. The Bertz CT molecular complexity index is 601. The molecule has 1 rings (SSSR count). The topological polar surface area (TPSA) is 92.9 Å². The highest BCUT2D eigenvalue weighted by Crippen LogP contribution is 2.25. The minimum atomic E-state index is -0.647. The van der Waals surface area contributed by atoms with Gasteiger partial charge in [0.1, 0.15) is 5.60 Å². The fraction of sp³-hybridized carbons (Fsp3) is 0.588. The highest BCUT2D eigenvalue weighted by atomic mass is 79.9. The van der Waals surface area contributed by atoms with E-state index in [4.69, 9.17) is 9.84 Å². The van der Waals surface area contributed by atoms with Gasteiger partial charge in [-0.05, 0) is 52.2 Å². The van der Waals surface area contributed by atoms with E-state index in [1.807, 2.05) is 0 Å². The van der Waals surface area contributed by atoms with Crippen LogP contribution in [-0.2, 0) is 11.3 Å². The molecule has 1 N–H and O–H groups in total. The largest absolute Gasteiger partial charge is 0.444 e. The van der Waals surface area contributed by atoms with Crippen molar-refractivity contribution in [2.24, 2.45) is 0 Å². The molecule has 25 heavy (non-hydrogen) atoms.